The minimum absolute atomic E-state index is 0.0323. The van der Waals surface area contributed by atoms with Crippen molar-refractivity contribution in [3.63, 3.8) is 0 Å². The number of aliphatic hydroxyl groups excluding tert-OH is 2. The Bertz CT molecular complexity index is 935. The van der Waals surface area contributed by atoms with Crippen molar-refractivity contribution in [1.82, 2.24) is 5.32 Å². The largest absolute Gasteiger partial charge is 0.466 e. The zero-order valence-corrected chi connectivity index (χ0v) is 40.2. The highest BCUT2D eigenvalue weighted by Crippen LogP contribution is 2.17. The standard InChI is InChI=1S/C54H103NO5/c1-3-5-7-9-11-13-15-17-19-21-23-25-27-30-34-38-42-46-52(57)51(50-56)55-53(58)47-43-39-35-31-29-33-37-41-45-49-60-54(59)48-44-40-36-32-28-26-24-22-20-18-16-14-12-10-8-6-4-2/h12,14,18,20,51-52,56-57H,3-11,13,15-17,19,21-50H2,1-2H3,(H,55,58)/b14-12-,20-18-. The first-order chi connectivity index (χ1) is 29.5. The summed E-state index contributed by atoms with van der Waals surface area (Å²) in [5.41, 5.74) is 0. The van der Waals surface area contributed by atoms with Gasteiger partial charge >= 0.3 is 5.97 Å². The number of rotatable bonds is 49. The molecule has 0 saturated carbocycles. The summed E-state index contributed by atoms with van der Waals surface area (Å²) < 4.78 is 5.46. The van der Waals surface area contributed by atoms with Crippen molar-refractivity contribution < 1.29 is 24.5 Å². The van der Waals surface area contributed by atoms with Gasteiger partial charge in [0.2, 0.25) is 5.91 Å². The van der Waals surface area contributed by atoms with E-state index in [4.69, 9.17) is 4.74 Å². The van der Waals surface area contributed by atoms with E-state index in [0.29, 0.717) is 25.9 Å². The van der Waals surface area contributed by atoms with E-state index < -0.39 is 12.1 Å². The molecule has 6 nitrogen and oxygen atoms in total. The Morgan fingerprint density at radius 1 is 0.467 bits per heavy atom. The zero-order chi connectivity index (χ0) is 43.7. The molecule has 0 aliphatic heterocycles. The fourth-order valence-electron chi connectivity index (χ4n) is 8.14. The van der Waals surface area contributed by atoms with Gasteiger partial charge in [-0.1, -0.05) is 237 Å². The van der Waals surface area contributed by atoms with Gasteiger partial charge in [-0.3, -0.25) is 9.59 Å². The molecule has 6 heteroatoms. The van der Waals surface area contributed by atoms with E-state index in [-0.39, 0.29) is 18.5 Å². The van der Waals surface area contributed by atoms with E-state index in [0.717, 1.165) is 64.2 Å². The van der Waals surface area contributed by atoms with E-state index in [1.165, 1.54) is 186 Å². The minimum atomic E-state index is -0.682. The molecule has 0 spiro atoms. The molecule has 3 N–H and O–H groups in total. The van der Waals surface area contributed by atoms with Gasteiger partial charge in [0.05, 0.1) is 25.4 Å². The quantitative estimate of drug-likeness (QED) is 0.0322. The third-order valence-electron chi connectivity index (χ3n) is 12.3. The number of ether oxygens (including phenoxy) is 1. The molecule has 0 radical (unpaired) electrons. The van der Waals surface area contributed by atoms with Crippen LogP contribution in [0.2, 0.25) is 0 Å². The molecule has 0 heterocycles. The van der Waals surface area contributed by atoms with Crippen LogP contribution in [-0.2, 0) is 14.3 Å². The van der Waals surface area contributed by atoms with Crippen molar-refractivity contribution in [3.05, 3.63) is 24.3 Å². The summed E-state index contributed by atoms with van der Waals surface area (Å²) in [6.45, 7) is 4.87. The average Bonchev–Trinajstić information content (AvgIpc) is 3.25. The molecular weight excluding hydrogens is 743 g/mol. The van der Waals surface area contributed by atoms with Gasteiger partial charge in [-0.2, -0.15) is 0 Å². The van der Waals surface area contributed by atoms with Crippen LogP contribution in [0.4, 0.5) is 0 Å². The number of aliphatic hydroxyl groups is 2. The topological polar surface area (TPSA) is 95.9 Å². The van der Waals surface area contributed by atoms with Crippen LogP contribution in [0.15, 0.2) is 24.3 Å². The van der Waals surface area contributed by atoms with Crippen molar-refractivity contribution in [2.75, 3.05) is 13.2 Å². The Morgan fingerprint density at radius 3 is 1.30 bits per heavy atom. The SMILES string of the molecule is CCCCC/C=C\C/C=C\CCCCCCCCCC(=O)OCCCCCCCCCCCC(=O)NC(CO)C(O)CCCCCCCCCCCCCCCCCCC. The highest BCUT2D eigenvalue weighted by Gasteiger charge is 2.20. The number of unbranched alkanes of at least 4 members (excludes halogenated alkanes) is 34. The molecule has 0 aliphatic rings. The minimum Gasteiger partial charge on any atom is -0.466 e. The Kier molecular flexibility index (Phi) is 48.6. The van der Waals surface area contributed by atoms with E-state index in [9.17, 15) is 19.8 Å². The summed E-state index contributed by atoms with van der Waals surface area (Å²) in [6, 6.07) is -0.562. The number of amides is 1. The van der Waals surface area contributed by atoms with Gasteiger partial charge in [0.25, 0.3) is 0 Å². The lowest BCUT2D eigenvalue weighted by Gasteiger charge is -2.22. The highest BCUT2D eigenvalue weighted by atomic mass is 16.5. The van der Waals surface area contributed by atoms with Crippen molar-refractivity contribution in [1.29, 1.82) is 0 Å². The van der Waals surface area contributed by atoms with Gasteiger partial charge < -0.3 is 20.3 Å². The molecule has 0 aromatic carbocycles. The van der Waals surface area contributed by atoms with Crippen LogP contribution in [0.3, 0.4) is 0 Å². The Labute approximate surface area is 373 Å². The summed E-state index contributed by atoms with van der Waals surface area (Å²) in [6.07, 6.45) is 58.6. The number of carbonyl (C=O) groups is 2. The summed E-state index contributed by atoms with van der Waals surface area (Å²) in [5, 5.41) is 23.2. The monoisotopic (exact) mass is 846 g/mol. The Morgan fingerprint density at radius 2 is 0.833 bits per heavy atom. The van der Waals surface area contributed by atoms with Crippen molar-refractivity contribution >= 4 is 11.9 Å². The smallest absolute Gasteiger partial charge is 0.305 e. The lowest BCUT2D eigenvalue weighted by molar-refractivity contribution is -0.143. The van der Waals surface area contributed by atoms with Crippen molar-refractivity contribution in [3.8, 4) is 0 Å². The number of hydrogen-bond donors (Lipinski definition) is 3. The maximum atomic E-state index is 12.5. The normalized spacial score (nSPS) is 12.8. The molecule has 0 aromatic rings. The molecular formula is C54H103NO5. The molecule has 1 amide bonds. The molecule has 0 saturated heterocycles. The van der Waals surface area contributed by atoms with E-state index in [1.807, 2.05) is 0 Å². The van der Waals surface area contributed by atoms with Gasteiger partial charge in [0.1, 0.15) is 0 Å². The van der Waals surface area contributed by atoms with Crippen LogP contribution in [-0.4, -0.2) is 47.4 Å². The first-order valence-electron chi connectivity index (χ1n) is 26.6. The molecule has 0 fully saturated rings. The van der Waals surface area contributed by atoms with Gasteiger partial charge in [0, 0.05) is 12.8 Å². The van der Waals surface area contributed by atoms with Crippen molar-refractivity contribution in [2.45, 2.75) is 296 Å². The average molecular weight is 846 g/mol. The van der Waals surface area contributed by atoms with Crippen LogP contribution >= 0.6 is 0 Å². The molecule has 0 rings (SSSR count). The lowest BCUT2D eigenvalue weighted by atomic mass is 10.0. The number of allylic oxidation sites excluding steroid dienone is 4. The van der Waals surface area contributed by atoms with E-state index in [1.54, 1.807) is 0 Å². The summed E-state index contributed by atoms with van der Waals surface area (Å²) in [4.78, 5) is 24.5. The van der Waals surface area contributed by atoms with Gasteiger partial charge in [-0.05, 0) is 57.8 Å². The third kappa shape index (κ3) is 45.9. The van der Waals surface area contributed by atoms with E-state index >= 15 is 0 Å². The maximum Gasteiger partial charge on any atom is 0.305 e. The molecule has 0 aromatic heterocycles. The van der Waals surface area contributed by atoms with Crippen LogP contribution in [0, 0.1) is 0 Å². The van der Waals surface area contributed by atoms with Crippen LogP contribution in [0.25, 0.3) is 0 Å². The van der Waals surface area contributed by atoms with Crippen LogP contribution < -0.4 is 5.32 Å². The fourth-order valence-corrected chi connectivity index (χ4v) is 8.14. The predicted molar refractivity (Wildman–Crippen MR) is 260 cm³/mol. The Hall–Kier alpha value is -1.66. The zero-order valence-electron chi connectivity index (χ0n) is 40.2. The second kappa shape index (κ2) is 50.0. The predicted octanol–water partition coefficient (Wildman–Crippen LogP) is 15.9. The molecule has 2 unspecified atom stereocenters. The second-order valence-electron chi connectivity index (χ2n) is 18.2. The fraction of sp³-hybridized carbons (Fsp3) is 0.889. The van der Waals surface area contributed by atoms with Crippen LogP contribution in [0.5, 0.6) is 0 Å². The van der Waals surface area contributed by atoms with Gasteiger partial charge in [-0.15, -0.1) is 0 Å². The first kappa shape index (κ1) is 58.3. The van der Waals surface area contributed by atoms with E-state index in [2.05, 4.69) is 43.5 Å². The lowest BCUT2D eigenvalue weighted by Crippen LogP contribution is -2.45. The Balaban J connectivity index is 3.49. The van der Waals surface area contributed by atoms with Gasteiger partial charge in [0.15, 0.2) is 0 Å². The molecule has 2 atom stereocenters. The molecule has 354 valence electrons. The van der Waals surface area contributed by atoms with Crippen molar-refractivity contribution in [2.24, 2.45) is 0 Å². The highest BCUT2D eigenvalue weighted by molar-refractivity contribution is 5.76. The molecule has 0 aliphatic carbocycles. The maximum absolute atomic E-state index is 12.5. The van der Waals surface area contributed by atoms with Crippen LogP contribution in [0.1, 0.15) is 284 Å². The second-order valence-corrected chi connectivity index (χ2v) is 18.2. The summed E-state index contributed by atoms with van der Waals surface area (Å²) in [7, 11) is 0. The van der Waals surface area contributed by atoms with Gasteiger partial charge in [-0.25, -0.2) is 0 Å². The first-order valence-corrected chi connectivity index (χ1v) is 26.6. The third-order valence-corrected chi connectivity index (χ3v) is 12.3. The number of esters is 1. The number of hydrogen-bond acceptors (Lipinski definition) is 5. The summed E-state index contributed by atoms with van der Waals surface area (Å²) >= 11 is 0. The number of nitrogens with one attached hydrogen (secondary N) is 1. The summed E-state index contributed by atoms with van der Waals surface area (Å²) in [5.74, 6) is -0.0942. The molecule has 0 bridgehead atoms. The molecule has 60 heavy (non-hydrogen) atoms. The number of carbonyl (C=O) groups excluding carboxylic acids is 2.